The average Bonchev–Trinajstić information content (AvgIpc) is 2.84. The van der Waals surface area contributed by atoms with Crippen molar-refractivity contribution in [2.75, 3.05) is 0 Å². The summed E-state index contributed by atoms with van der Waals surface area (Å²) in [5.41, 5.74) is 0.378. The summed E-state index contributed by atoms with van der Waals surface area (Å²) in [6.07, 6.45) is 0. The lowest BCUT2D eigenvalue weighted by Crippen LogP contribution is -1.92. The van der Waals surface area contributed by atoms with Gasteiger partial charge in [0.15, 0.2) is 17.4 Å². The van der Waals surface area contributed by atoms with Crippen molar-refractivity contribution in [3.05, 3.63) is 47.8 Å². The lowest BCUT2D eigenvalue weighted by atomic mass is 10.2. The van der Waals surface area contributed by atoms with Crippen molar-refractivity contribution < 1.29 is 18.3 Å². The lowest BCUT2D eigenvalue weighted by Gasteiger charge is -2.03. The molecule has 3 rings (SSSR count). The second-order valence-corrected chi connectivity index (χ2v) is 4.90. The van der Waals surface area contributed by atoms with Gasteiger partial charge < -0.3 is 5.11 Å². The third-order valence-corrected chi connectivity index (χ3v) is 3.73. The maximum Gasteiger partial charge on any atom is 0.203 e. The highest BCUT2D eigenvalue weighted by atomic mass is 32.1. The van der Waals surface area contributed by atoms with E-state index in [-0.39, 0.29) is 10.6 Å². The topological polar surface area (TPSA) is 33.1 Å². The van der Waals surface area contributed by atoms with E-state index in [2.05, 4.69) is 4.98 Å². The van der Waals surface area contributed by atoms with Gasteiger partial charge in [-0.15, -0.1) is 11.3 Å². The van der Waals surface area contributed by atoms with Gasteiger partial charge in [0.25, 0.3) is 0 Å². The number of hydrogen-bond donors (Lipinski definition) is 1. The van der Waals surface area contributed by atoms with E-state index >= 15 is 0 Å². The number of aromatic hydroxyl groups is 1. The first kappa shape index (κ1) is 12.0. The van der Waals surface area contributed by atoms with E-state index in [9.17, 15) is 18.3 Å². The quantitative estimate of drug-likeness (QED) is 0.682. The number of rotatable bonds is 1. The number of phenolic OH excluding ortho intramolecular Hbond substituents is 1. The second kappa shape index (κ2) is 4.24. The molecule has 0 bridgehead atoms. The number of fused-ring (bicyclic) bond motifs is 1. The maximum atomic E-state index is 13.8. The van der Waals surface area contributed by atoms with E-state index in [0.717, 1.165) is 16.0 Å². The molecule has 19 heavy (non-hydrogen) atoms. The normalized spacial score (nSPS) is 11.1. The highest BCUT2D eigenvalue weighted by Gasteiger charge is 2.21. The second-order valence-electron chi connectivity index (χ2n) is 3.87. The molecule has 0 aliphatic carbocycles. The maximum absolute atomic E-state index is 13.8. The van der Waals surface area contributed by atoms with Crippen LogP contribution in [-0.4, -0.2) is 10.1 Å². The number of benzene rings is 2. The van der Waals surface area contributed by atoms with Crippen LogP contribution in [-0.2, 0) is 0 Å². The molecular formula is C13H6F3NOS. The molecule has 1 N–H and O–H groups in total. The molecule has 0 unspecified atom stereocenters. The minimum atomic E-state index is -1.60. The van der Waals surface area contributed by atoms with Crippen LogP contribution in [0.3, 0.4) is 0 Å². The highest BCUT2D eigenvalue weighted by Crippen LogP contribution is 2.36. The number of thiazole rings is 1. The molecule has 0 fully saturated rings. The Hall–Kier alpha value is -2.08. The summed E-state index contributed by atoms with van der Waals surface area (Å²) in [5, 5.41) is 9.38. The number of phenols is 1. The number of hydrogen-bond acceptors (Lipinski definition) is 3. The number of para-hydroxylation sites is 1. The molecule has 0 atom stereocenters. The fraction of sp³-hybridized carbons (Fsp3) is 0. The molecule has 0 aliphatic rings. The molecule has 1 heterocycles. The summed E-state index contributed by atoms with van der Waals surface area (Å²) in [6, 6.07) is 7.78. The molecule has 0 aliphatic heterocycles. The molecule has 0 spiro atoms. The number of nitrogens with zero attached hydrogens (tertiary/aromatic N) is 1. The van der Waals surface area contributed by atoms with E-state index in [1.807, 2.05) is 0 Å². The van der Waals surface area contributed by atoms with Crippen LogP contribution in [0.4, 0.5) is 13.2 Å². The zero-order valence-electron chi connectivity index (χ0n) is 9.32. The van der Waals surface area contributed by atoms with Crippen molar-refractivity contribution in [2.24, 2.45) is 0 Å². The van der Waals surface area contributed by atoms with Crippen LogP contribution in [0.5, 0.6) is 5.75 Å². The van der Waals surface area contributed by atoms with E-state index in [1.165, 1.54) is 0 Å². The van der Waals surface area contributed by atoms with Crippen LogP contribution in [0.15, 0.2) is 30.3 Å². The van der Waals surface area contributed by atoms with Gasteiger partial charge in [-0.1, -0.05) is 12.1 Å². The SMILES string of the molecule is Oc1c(F)c(F)cc(-c2nc3ccccc3s2)c1F. The Morgan fingerprint density at radius 1 is 1.05 bits per heavy atom. The van der Waals surface area contributed by atoms with Crippen molar-refractivity contribution in [1.82, 2.24) is 4.98 Å². The van der Waals surface area contributed by atoms with Crippen LogP contribution in [0.25, 0.3) is 20.8 Å². The Kier molecular flexibility index (Phi) is 2.67. The summed E-state index contributed by atoms with van der Waals surface area (Å²) < 4.78 is 40.8. The Morgan fingerprint density at radius 3 is 2.53 bits per heavy atom. The first-order chi connectivity index (χ1) is 9.08. The van der Waals surface area contributed by atoms with E-state index < -0.39 is 23.2 Å². The monoisotopic (exact) mass is 281 g/mol. The smallest absolute Gasteiger partial charge is 0.203 e. The van der Waals surface area contributed by atoms with Crippen LogP contribution in [0, 0.1) is 17.5 Å². The number of halogens is 3. The summed E-state index contributed by atoms with van der Waals surface area (Å²) in [6.45, 7) is 0. The predicted molar refractivity (Wildman–Crippen MR) is 66.6 cm³/mol. The number of aromatic nitrogens is 1. The molecule has 1 aromatic heterocycles. The fourth-order valence-corrected chi connectivity index (χ4v) is 2.71. The average molecular weight is 281 g/mol. The minimum Gasteiger partial charge on any atom is -0.503 e. The first-order valence-electron chi connectivity index (χ1n) is 5.30. The standard InChI is InChI=1S/C13H6F3NOS/c14-7-5-6(10(15)12(18)11(7)16)13-17-8-3-1-2-4-9(8)19-13/h1-5,18H. The Balaban J connectivity index is 2.27. The first-order valence-corrected chi connectivity index (χ1v) is 6.12. The Labute approximate surface area is 109 Å². The highest BCUT2D eigenvalue weighted by molar-refractivity contribution is 7.21. The van der Waals surface area contributed by atoms with Crippen molar-refractivity contribution >= 4 is 21.6 Å². The third-order valence-electron chi connectivity index (χ3n) is 2.66. The van der Waals surface area contributed by atoms with Crippen molar-refractivity contribution in [2.45, 2.75) is 0 Å². The minimum absolute atomic E-state index is 0.188. The van der Waals surface area contributed by atoms with E-state index in [1.54, 1.807) is 24.3 Å². The van der Waals surface area contributed by atoms with Crippen molar-refractivity contribution in [3.8, 4) is 16.3 Å². The Bertz CT molecular complexity index is 752. The van der Waals surface area contributed by atoms with Gasteiger partial charge in [-0.05, 0) is 18.2 Å². The van der Waals surface area contributed by atoms with Crippen LogP contribution in [0.2, 0.25) is 0 Å². The van der Waals surface area contributed by atoms with Crippen LogP contribution < -0.4 is 0 Å². The van der Waals surface area contributed by atoms with Gasteiger partial charge in [-0.25, -0.2) is 13.8 Å². The zero-order valence-corrected chi connectivity index (χ0v) is 10.1. The van der Waals surface area contributed by atoms with Gasteiger partial charge in [-0.3, -0.25) is 0 Å². The van der Waals surface area contributed by atoms with E-state index in [0.29, 0.717) is 11.6 Å². The molecule has 96 valence electrons. The van der Waals surface area contributed by atoms with E-state index in [4.69, 9.17) is 0 Å². The summed E-state index contributed by atoms with van der Waals surface area (Å²) >= 11 is 1.14. The molecule has 6 heteroatoms. The van der Waals surface area contributed by atoms with Crippen molar-refractivity contribution in [3.63, 3.8) is 0 Å². The summed E-state index contributed by atoms with van der Waals surface area (Å²) in [4.78, 5) is 4.13. The summed E-state index contributed by atoms with van der Waals surface area (Å²) in [7, 11) is 0. The van der Waals surface area contributed by atoms with Gasteiger partial charge in [0.2, 0.25) is 5.82 Å². The van der Waals surface area contributed by atoms with Gasteiger partial charge >= 0.3 is 0 Å². The lowest BCUT2D eigenvalue weighted by molar-refractivity contribution is 0.377. The zero-order chi connectivity index (χ0) is 13.6. The molecule has 0 saturated heterocycles. The largest absolute Gasteiger partial charge is 0.503 e. The van der Waals surface area contributed by atoms with Gasteiger partial charge in [-0.2, -0.15) is 4.39 Å². The molecular weight excluding hydrogens is 275 g/mol. The molecule has 2 nitrogen and oxygen atoms in total. The van der Waals surface area contributed by atoms with Crippen LogP contribution in [0.1, 0.15) is 0 Å². The Morgan fingerprint density at radius 2 is 1.79 bits per heavy atom. The summed E-state index contributed by atoms with van der Waals surface area (Å²) in [5.74, 6) is -5.44. The van der Waals surface area contributed by atoms with Crippen molar-refractivity contribution in [1.29, 1.82) is 0 Å². The van der Waals surface area contributed by atoms with Gasteiger partial charge in [0.1, 0.15) is 5.01 Å². The van der Waals surface area contributed by atoms with Crippen LogP contribution >= 0.6 is 11.3 Å². The van der Waals surface area contributed by atoms with Gasteiger partial charge in [0, 0.05) is 0 Å². The van der Waals surface area contributed by atoms with Gasteiger partial charge in [0.05, 0.1) is 15.8 Å². The predicted octanol–water partition coefficient (Wildman–Crippen LogP) is 4.09. The fourth-order valence-electron chi connectivity index (χ4n) is 1.73. The molecule has 3 aromatic rings. The molecule has 0 amide bonds. The molecule has 2 aromatic carbocycles. The molecule has 0 saturated carbocycles. The third kappa shape index (κ3) is 1.84. The molecule has 0 radical (unpaired) electrons.